The largest absolute Gasteiger partial charge is 0.481 e. The molecule has 1 N–H and O–H groups in total. The third-order valence-electron chi connectivity index (χ3n) is 4.07. The van der Waals surface area contributed by atoms with E-state index >= 15 is 0 Å². The Morgan fingerprint density at radius 3 is 2.83 bits per heavy atom. The Labute approximate surface area is 133 Å². The van der Waals surface area contributed by atoms with E-state index in [4.69, 9.17) is 4.74 Å². The van der Waals surface area contributed by atoms with E-state index in [9.17, 15) is 13.9 Å². The minimum Gasteiger partial charge on any atom is -0.481 e. The van der Waals surface area contributed by atoms with Crippen LogP contribution in [-0.2, 0) is 6.54 Å². The fourth-order valence-corrected chi connectivity index (χ4v) is 2.99. The van der Waals surface area contributed by atoms with Crippen molar-refractivity contribution >= 4 is 0 Å². The van der Waals surface area contributed by atoms with Crippen molar-refractivity contribution in [1.29, 1.82) is 0 Å². The van der Waals surface area contributed by atoms with Gasteiger partial charge in [-0.3, -0.25) is 4.90 Å². The van der Waals surface area contributed by atoms with Crippen LogP contribution in [0.1, 0.15) is 23.7 Å². The maximum atomic E-state index is 13.5. The lowest BCUT2D eigenvalue weighted by molar-refractivity contribution is 0.172. The molecule has 2 heterocycles. The Morgan fingerprint density at radius 1 is 1.26 bits per heavy atom. The van der Waals surface area contributed by atoms with Gasteiger partial charge in [0, 0.05) is 25.2 Å². The molecule has 6 heteroatoms. The summed E-state index contributed by atoms with van der Waals surface area (Å²) in [6.45, 7) is 0.959. The minimum absolute atomic E-state index is 0.173. The lowest BCUT2D eigenvalue weighted by atomic mass is 10.0. The first-order chi connectivity index (χ1) is 11.1. The normalized spacial score (nSPS) is 21.6. The standard InChI is InChI=1S/C17H18F2N2O2/c1-23-17-4-2-3-12(20-17)9-21-10-13(22)8-16(21)11-5-6-14(18)15(19)7-11/h2-7,13,16,22H,8-10H2,1H3/t13-,16+/m1/s1. The number of likely N-dealkylation sites (tertiary alicyclic amines) is 1. The molecule has 1 aliphatic rings. The molecule has 2 atom stereocenters. The molecule has 0 amide bonds. The molecule has 0 radical (unpaired) electrons. The lowest BCUT2D eigenvalue weighted by Crippen LogP contribution is -2.25. The van der Waals surface area contributed by atoms with Crippen LogP contribution in [-0.4, -0.2) is 34.7 Å². The van der Waals surface area contributed by atoms with Crippen molar-refractivity contribution in [3.05, 3.63) is 59.3 Å². The quantitative estimate of drug-likeness (QED) is 0.941. The van der Waals surface area contributed by atoms with Crippen molar-refractivity contribution in [3.8, 4) is 5.88 Å². The summed E-state index contributed by atoms with van der Waals surface area (Å²) in [5.74, 6) is -1.22. The SMILES string of the molecule is COc1cccc(CN2C[C@H](O)C[C@H]2c2ccc(F)c(F)c2)n1. The summed E-state index contributed by atoms with van der Waals surface area (Å²) in [6.07, 6.45) is -0.0200. The van der Waals surface area contributed by atoms with Gasteiger partial charge in [0.2, 0.25) is 5.88 Å². The van der Waals surface area contributed by atoms with E-state index < -0.39 is 17.7 Å². The summed E-state index contributed by atoms with van der Waals surface area (Å²) in [5.41, 5.74) is 1.45. The number of hydrogen-bond donors (Lipinski definition) is 1. The molecule has 23 heavy (non-hydrogen) atoms. The van der Waals surface area contributed by atoms with Gasteiger partial charge in [-0.15, -0.1) is 0 Å². The van der Waals surface area contributed by atoms with Gasteiger partial charge >= 0.3 is 0 Å². The van der Waals surface area contributed by atoms with E-state index in [0.717, 1.165) is 11.8 Å². The molecule has 4 nitrogen and oxygen atoms in total. The summed E-state index contributed by atoms with van der Waals surface area (Å²) < 4.78 is 31.7. The number of aliphatic hydroxyl groups is 1. The van der Waals surface area contributed by atoms with Gasteiger partial charge < -0.3 is 9.84 Å². The van der Waals surface area contributed by atoms with E-state index in [-0.39, 0.29) is 6.04 Å². The zero-order chi connectivity index (χ0) is 16.4. The number of aliphatic hydroxyl groups excluding tert-OH is 1. The van der Waals surface area contributed by atoms with Crippen LogP contribution in [0.3, 0.4) is 0 Å². The van der Waals surface area contributed by atoms with Crippen molar-refractivity contribution in [2.45, 2.75) is 25.1 Å². The van der Waals surface area contributed by atoms with Gasteiger partial charge in [0.25, 0.3) is 0 Å². The highest BCUT2D eigenvalue weighted by molar-refractivity contribution is 5.23. The second kappa shape index (κ2) is 6.60. The number of benzene rings is 1. The first kappa shape index (κ1) is 15.8. The number of hydrogen-bond acceptors (Lipinski definition) is 4. The number of rotatable bonds is 4. The van der Waals surface area contributed by atoms with E-state index in [1.165, 1.54) is 6.07 Å². The van der Waals surface area contributed by atoms with Gasteiger partial charge in [-0.1, -0.05) is 12.1 Å². The monoisotopic (exact) mass is 320 g/mol. The molecule has 1 saturated heterocycles. The zero-order valence-electron chi connectivity index (χ0n) is 12.7. The van der Waals surface area contributed by atoms with Gasteiger partial charge in [-0.25, -0.2) is 13.8 Å². The highest BCUT2D eigenvalue weighted by Gasteiger charge is 2.32. The molecule has 2 aromatic rings. The fourth-order valence-electron chi connectivity index (χ4n) is 2.99. The lowest BCUT2D eigenvalue weighted by Gasteiger charge is -2.24. The number of β-amino-alcohol motifs (C(OH)–C–C–N with tert-alkyl or cyclic N) is 1. The topological polar surface area (TPSA) is 45.6 Å². The summed E-state index contributed by atoms with van der Waals surface area (Å²) in [6, 6.07) is 9.19. The van der Waals surface area contributed by atoms with E-state index in [1.807, 2.05) is 17.0 Å². The Bertz CT molecular complexity index is 696. The van der Waals surface area contributed by atoms with Crippen LogP contribution in [0.15, 0.2) is 36.4 Å². The van der Waals surface area contributed by atoms with Crippen LogP contribution in [0.5, 0.6) is 5.88 Å². The fraction of sp³-hybridized carbons (Fsp3) is 0.353. The summed E-state index contributed by atoms with van der Waals surface area (Å²) in [5, 5.41) is 9.98. The molecule has 0 spiro atoms. The zero-order valence-corrected chi connectivity index (χ0v) is 12.7. The molecule has 1 aromatic heterocycles. The Kier molecular flexibility index (Phi) is 4.54. The Morgan fingerprint density at radius 2 is 2.09 bits per heavy atom. The first-order valence-corrected chi connectivity index (χ1v) is 7.44. The van der Waals surface area contributed by atoms with Crippen molar-refractivity contribution in [2.24, 2.45) is 0 Å². The highest BCUT2D eigenvalue weighted by Crippen LogP contribution is 2.34. The number of methoxy groups -OCH3 is 1. The predicted molar refractivity (Wildman–Crippen MR) is 80.9 cm³/mol. The molecular formula is C17H18F2N2O2. The molecule has 0 unspecified atom stereocenters. The average Bonchev–Trinajstić information content (AvgIpc) is 2.90. The molecule has 1 aliphatic heterocycles. The van der Waals surface area contributed by atoms with Crippen LogP contribution in [0.25, 0.3) is 0 Å². The van der Waals surface area contributed by atoms with Gasteiger partial charge in [0.1, 0.15) is 0 Å². The Hall–Kier alpha value is -2.05. The van der Waals surface area contributed by atoms with Gasteiger partial charge in [-0.05, 0) is 30.2 Å². The van der Waals surface area contributed by atoms with E-state index in [2.05, 4.69) is 4.98 Å². The van der Waals surface area contributed by atoms with Gasteiger partial charge in [0.05, 0.1) is 18.9 Å². The maximum Gasteiger partial charge on any atom is 0.213 e. The van der Waals surface area contributed by atoms with Crippen LogP contribution >= 0.6 is 0 Å². The number of halogens is 2. The second-order valence-corrected chi connectivity index (χ2v) is 5.68. The van der Waals surface area contributed by atoms with Crippen LogP contribution in [0, 0.1) is 11.6 Å². The predicted octanol–water partition coefficient (Wildman–Crippen LogP) is 2.68. The minimum atomic E-state index is -0.872. The smallest absolute Gasteiger partial charge is 0.213 e. The first-order valence-electron chi connectivity index (χ1n) is 7.44. The summed E-state index contributed by atoms with van der Waals surface area (Å²) >= 11 is 0. The van der Waals surface area contributed by atoms with Crippen molar-refractivity contribution in [3.63, 3.8) is 0 Å². The number of ether oxygens (including phenoxy) is 1. The number of nitrogens with zero attached hydrogens (tertiary/aromatic N) is 2. The third-order valence-corrected chi connectivity index (χ3v) is 4.07. The average molecular weight is 320 g/mol. The van der Waals surface area contributed by atoms with Crippen LogP contribution in [0.2, 0.25) is 0 Å². The highest BCUT2D eigenvalue weighted by atomic mass is 19.2. The van der Waals surface area contributed by atoms with Crippen molar-refractivity contribution < 1.29 is 18.6 Å². The van der Waals surface area contributed by atoms with E-state index in [1.54, 1.807) is 19.2 Å². The molecule has 3 rings (SSSR count). The van der Waals surface area contributed by atoms with E-state index in [0.29, 0.717) is 31.0 Å². The molecule has 0 aliphatic carbocycles. The van der Waals surface area contributed by atoms with Crippen LogP contribution in [0.4, 0.5) is 8.78 Å². The van der Waals surface area contributed by atoms with Crippen molar-refractivity contribution in [2.75, 3.05) is 13.7 Å². The third kappa shape index (κ3) is 3.48. The number of aromatic nitrogens is 1. The molecule has 0 saturated carbocycles. The van der Waals surface area contributed by atoms with Crippen LogP contribution < -0.4 is 4.74 Å². The maximum absolute atomic E-state index is 13.5. The van der Waals surface area contributed by atoms with Gasteiger partial charge in [0.15, 0.2) is 11.6 Å². The van der Waals surface area contributed by atoms with Crippen molar-refractivity contribution in [1.82, 2.24) is 9.88 Å². The Balaban J connectivity index is 1.82. The molecule has 1 aromatic carbocycles. The molecule has 1 fully saturated rings. The number of pyridine rings is 1. The summed E-state index contributed by atoms with van der Waals surface area (Å²) in [7, 11) is 1.55. The molecule has 122 valence electrons. The molecular weight excluding hydrogens is 302 g/mol. The summed E-state index contributed by atoms with van der Waals surface area (Å²) in [4.78, 5) is 6.37. The van der Waals surface area contributed by atoms with Gasteiger partial charge in [-0.2, -0.15) is 0 Å². The molecule has 0 bridgehead atoms. The second-order valence-electron chi connectivity index (χ2n) is 5.68.